The smallest absolute Gasteiger partial charge is 0.291 e. The number of carbonyl (C=O) groups excluding carboxylic acids is 1. The topological polar surface area (TPSA) is 132 Å². The molecule has 0 aliphatic carbocycles. The summed E-state index contributed by atoms with van der Waals surface area (Å²) in [5.74, 6) is -0.403. The molecule has 10 heteroatoms. The van der Waals surface area contributed by atoms with Crippen molar-refractivity contribution in [3.63, 3.8) is 0 Å². The third-order valence-corrected chi connectivity index (χ3v) is 4.90. The number of carbonyl (C=O) groups is 1. The van der Waals surface area contributed by atoms with Crippen molar-refractivity contribution in [3.05, 3.63) is 82.8 Å². The lowest BCUT2D eigenvalue weighted by Gasteiger charge is -2.10. The van der Waals surface area contributed by atoms with Gasteiger partial charge in [0.05, 0.1) is 16.9 Å². The molecule has 0 aliphatic heterocycles. The van der Waals surface area contributed by atoms with Gasteiger partial charge in [-0.1, -0.05) is 18.2 Å². The molecule has 27 heavy (non-hydrogen) atoms. The monoisotopic (exact) mass is 387 g/mol. The lowest BCUT2D eigenvalue weighted by Crippen LogP contribution is -2.15. The van der Waals surface area contributed by atoms with Crippen LogP contribution in [0.4, 0.5) is 17.1 Å². The number of amides is 1. The Morgan fingerprint density at radius 1 is 1.00 bits per heavy atom. The molecule has 1 amide bonds. The van der Waals surface area contributed by atoms with E-state index in [0.717, 1.165) is 12.1 Å². The minimum Gasteiger partial charge on any atom is -0.459 e. The van der Waals surface area contributed by atoms with E-state index >= 15 is 0 Å². The number of hydrogen-bond donors (Lipinski definition) is 2. The van der Waals surface area contributed by atoms with Gasteiger partial charge in [0.15, 0.2) is 10.7 Å². The number of hydrogen-bond acceptors (Lipinski definition) is 6. The molecule has 9 nitrogen and oxygen atoms in total. The van der Waals surface area contributed by atoms with Crippen molar-refractivity contribution in [1.29, 1.82) is 0 Å². The van der Waals surface area contributed by atoms with Crippen LogP contribution >= 0.6 is 0 Å². The van der Waals surface area contributed by atoms with Crippen molar-refractivity contribution >= 4 is 33.0 Å². The fraction of sp³-hybridized carbons (Fsp3) is 0. The molecular formula is C17H13N3O6S. The standard InChI is InChI=1S/C17H13N3O6S/c21-17(15-8-4-10-26-15)18-12-5-3-6-13(11-12)19-27(24,25)16-9-2-1-7-14(16)20(22)23/h1-11,19H,(H,18,21). The van der Waals surface area contributed by atoms with E-state index in [1.54, 1.807) is 12.1 Å². The Kier molecular flexibility index (Phi) is 4.90. The summed E-state index contributed by atoms with van der Waals surface area (Å²) in [4.78, 5) is 21.8. The summed E-state index contributed by atoms with van der Waals surface area (Å²) in [5.41, 5.74) is -0.0863. The Morgan fingerprint density at radius 2 is 1.74 bits per heavy atom. The Labute approximate surface area is 153 Å². The van der Waals surface area contributed by atoms with E-state index in [1.807, 2.05) is 0 Å². The van der Waals surface area contributed by atoms with Crippen molar-refractivity contribution in [2.75, 3.05) is 10.0 Å². The van der Waals surface area contributed by atoms with E-state index in [4.69, 9.17) is 4.42 Å². The quantitative estimate of drug-likeness (QED) is 0.493. The first kappa shape index (κ1) is 18.1. The number of benzene rings is 2. The van der Waals surface area contributed by atoms with Crippen LogP contribution in [-0.4, -0.2) is 19.2 Å². The molecule has 0 spiro atoms. The van der Waals surface area contributed by atoms with E-state index in [9.17, 15) is 23.3 Å². The lowest BCUT2D eigenvalue weighted by atomic mass is 10.3. The van der Waals surface area contributed by atoms with E-state index in [0.29, 0.717) is 5.69 Å². The van der Waals surface area contributed by atoms with E-state index < -0.39 is 31.4 Å². The molecule has 2 aromatic carbocycles. The summed E-state index contributed by atoms with van der Waals surface area (Å²) >= 11 is 0. The van der Waals surface area contributed by atoms with Crippen LogP contribution < -0.4 is 10.0 Å². The van der Waals surface area contributed by atoms with E-state index in [2.05, 4.69) is 10.0 Å². The van der Waals surface area contributed by atoms with Crippen LogP contribution in [-0.2, 0) is 10.0 Å². The van der Waals surface area contributed by atoms with Crippen molar-refractivity contribution in [3.8, 4) is 0 Å². The maximum absolute atomic E-state index is 12.5. The van der Waals surface area contributed by atoms with Crippen molar-refractivity contribution in [2.24, 2.45) is 0 Å². The second-order valence-electron chi connectivity index (χ2n) is 5.34. The zero-order valence-corrected chi connectivity index (χ0v) is 14.5. The predicted octanol–water partition coefficient (Wildman–Crippen LogP) is 3.24. The zero-order chi connectivity index (χ0) is 19.4. The molecule has 3 rings (SSSR count). The van der Waals surface area contributed by atoms with Gasteiger partial charge in [-0.05, 0) is 36.4 Å². The highest BCUT2D eigenvalue weighted by molar-refractivity contribution is 7.92. The van der Waals surface area contributed by atoms with Gasteiger partial charge in [0.2, 0.25) is 0 Å². The normalized spacial score (nSPS) is 11.0. The summed E-state index contributed by atoms with van der Waals surface area (Å²) in [7, 11) is -4.20. The van der Waals surface area contributed by atoms with Gasteiger partial charge >= 0.3 is 0 Å². The van der Waals surface area contributed by atoms with Crippen LogP contribution in [0.2, 0.25) is 0 Å². The van der Waals surface area contributed by atoms with Gasteiger partial charge < -0.3 is 9.73 Å². The van der Waals surface area contributed by atoms with Crippen LogP contribution in [0.25, 0.3) is 0 Å². The van der Waals surface area contributed by atoms with Gasteiger partial charge in [0, 0.05) is 11.8 Å². The van der Waals surface area contributed by atoms with E-state index in [1.165, 1.54) is 42.7 Å². The fourth-order valence-electron chi connectivity index (χ4n) is 2.31. The minimum atomic E-state index is -4.20. The number of nitrogens with one attached hydrogen (secondary N) is 2. The lowest BCUT2D eigenvalue weighted by molar-refractivity contribution is -0.387. The molecule has 2 N–H and O–H groups in total. The van der Waals surface area contributed by atoms with Crippen molar-refractivity contribution in [1.82, 2.24) is 0 Å². The van der Waals surface area contributed by atoms with E-state index in [-0.39, 0.29) is 11.4 Å². The number of sulfonamides is 1. The molecule has 0 atom stereocenters. The summed E-state index contributed by atoms with van der Waals surface area (Å²) in [5, 5.41) is 13.6. The first-order chi connectivity index (χ1) is 12.9. The maximum atomic E-state index is 12.5. The predicted molar refractivity (Wildman–Crippen MR) is 97.0 cm³/mol. The first-order valence-corrected chi connectivity index (χ1v) is 9.06. The highest BCUT2D eigenvalue weighted by atomic mass is 32.2. The zero-order valence-electron chi connectivity index (χ0n) is 13.7. The Hall–Kier alpha value is -3.66. The molecule has 1 heterocycles. The first-order valence-electron chi connectivity index (χ1n) is 7.58. The van der Waals surface area contributed by atoms with Crippen LogP contribution in [0.5, 0.6) is 0 Å². The third-order valence-electron chi connectivity index (χ3n) is 3.47. The van der Waals surface area contributed by atoms with Crippen LogP contribution in [0.3, 0.4) is 0 Å². The molecule has 0 fully saturated rings. The molecule has 0 radical (unpaired) electrons. The Morgan fingerprint density at radius 3 is 2.44 bits per heavy atom. The van der Waals surface area contributed by atoms with Crippen molar-refractivity contribution in [2.45, 2.75) is 4.90 Å². The molecule has 1 aromatic heterocycles. The molecule has 0 saturated carbocycles. The average Bonchev–Trinajstić information content (AvgIpc) is 3.16. The number of para-hydroxylation sites is 1. The van der Waals surface area contributed by atoms with Crippen LogP contribution in [0.1, 0.15) is 10.6 Å². The number of rotatable bonds is 6. The number of nitro benzene ring substituents is 1. The molecule has 0 bridgehead atoms. The third kappa shape index (κ3) is 4.12. The van der Waals surface area contributed by atoms with Gasteiger partial charge in [-0.25, -0.2) is 8.42 Å². The Bertz CT molecular complexity index is 1090. The molecule has 3 aromatic rings. The summed E-state index contributed by atoms with van der Waals surface area (Å²) in [6, 6.07) is 14.0. The number of nitrogens with zero attached hydrogens (tertiary/aromatic N) is 1. The number of nitro groups is 1. The van der Waals surface area contributed by atoms with Gasteiger partial charge in [-0.3, -0.25) is 19.6 Å². The van der Waals surface area contributed by atoms with Crippen LogP contribution in [0, 0.1) is 10.1 Å². The summed E-state index contributed by atoms with van der Waals surface area (Å²) in [6.45, 7) is 0. The van der Waals surface area contributed by atoms with Crippen molar-refractivity contribution < 1.29 is 22.6 Å². The van der Waals surface area contributed by atoms with Gasteiger partial charge in [-0.2, -0.15) is 0 Å². The molecule has 0 saturated heterocycles. The SMILES string of the molecule is O=C(Nc1cccc(NS(=O)(=O)c2ccccc2[N+](=O)[O-])c1)c1ccco1. The van der Waals surface area contributed by atoms with Gasteiger partial charge in [0.1, 0.15) is 0 Å². The maximum Gasteiger partial charge on any atom is 0.291 e. The average molecular weight is 387 g/mol. The largest absolute Gasteiger partial charge is 0.459 e. The number of anilines is 2. The Balaban J connectivity index is 1.84. The second kappa shape index (κ2) is 7.30. The summed E-state index contributed by atoms with van der Waals surface area (Å²) < 4.78 is 32.3. The molecule has 138 valence electrons. The van der Waals surface area contributed by atoms with Gasteiger partial charge in [-0.15, -0.1) is 0 Å². The van der Waals surface area contributed by atoms with Gasteiger partial charge in [0.25, 0.3) is 21.6 Å². The molecule has 0 aliphatic rings. The fourth-order valence-corrected chi connectivity index (χ4v) is 3.53. The highest BCUT2D eigenvalue weighted by Gasteiger charge is 2.25. The summed E-state index contributed by atoms with van der Waals surface area (Å²) in [6.07, 6.45) is 1.35. The van der Waals surface area contributed by atoms with Crippen LogP contribution in [0.15, 0.2) is 76.2 Å². The minimum absolute atomic E-state index is 0.0981. The number of furan rings is 1. The molecular weight excluding hydrogens is 374 g/mol. The molecule has 0 unspecified atom stereocenters. The highest BCUT2D eigenvalue weighted by Crippen LogP contribution is 2.26. The second-order valence-corrected chi connectivity index (χ2v) is 6.99.